The summed E-state index contributed by atoms with van der Waals surface area (Å²) in [6, 6.07) is 11.9. The van der Waals surface area contributed by atoms with Gasteiger partial charge in [0.15, 0.2) is 0 Å². The summed E-state index contributed by atoms with van der Waals surface area (Å²) in [5, 5.41) is 3.01. The number of amides is 1. The van der Waals surface area contributed by atoms with Crippen molar-refractivity contribution in [3.8, 4) is 0 Å². The van der Waals surface area contributed by atoms with Gasteiger partial charge in [0.1, 0.15) is 5.82 Å². The molecule has 0 atom stereocenters. The van der Waals surface area contributed by atoms with Gasteiger partial charge in [-0.25, -0.2) is 12.8 Å². The van der Waals surface area contributed by atoms with Crippen LogP contribution in [-0.2, 0) is 10.0 Å². The zero-order valence-corrected chi connectivity index (χ0v) is 14.4. The van der Waals surface area contributed by atoms with Crippen LogP contribution in [0.2, 0.25) is 5.02 Å². The van der Waals surface area contributed by atoms with Crippen LogP contribution >= 0.6 is 11.6 Å². The standard InChI is InChI=1S/C16H16ClFN2O3S/c1-24(22,23)20(15-8-3-2-7-14(15)18)10-9-19-16(21)12-5-4-6-13(17)11-12/h2-8,11H,9-10H2,1H3,(H,19,21). The van der Waals surface area contributed by atoms with Gasteiger partial charge >= 0.3 is 0 Å². The Labute approximate surface area is 145 Å². The molecule has 1 amide bonds. The van der Waals surface area contributed by atoms with Gasteiger partial charge in [-0.3, -0.25) is 9.10 Å². The Morgan fingerprint density at radius 2 is 1.92 bits per heavy atom. The molecule has 0 saturated heterocycles. The number of nitrogens with zero attached hydrogens (tertiary/aromatic N) is 1. The van der Waals surface area contributed by atoms with Crippen molar-refractivity contribution in [2.75, 3.05) is 23.7 Å². The number of halogens is 2. The molecule has 0 aliphatic rings. The van der Waals surface area contributed by atoms with Crippen molar-refractivity contribution < 1.29 is 17.6 Å². The number of hydrogen-bond donors (Lipinski definition) is 1. The van der Waals surface area contributed by atoms with Crippen molar-refractivity contribution >= 4 is 33.2 Å². The van der Waals surface area contributed by atoms with Crippen LogP contribution in [0.3, 0.4) is 0 Å². The highest BCUT2D eigenvalue weighted by Crippen LogP contribution is 2.20. The highest BCUT2D eigenvalue weighted by Gasteiger charge is 2.20. The number of para-hydroxylation sites is 1. The lowest BCUT2D eigenvalue weighted by atomic mass is 10.2. The van der Waals surface area contributed by atoms with Gasteiger partial charge in [0, 0.05) is 17.1 Å². The van der Waals surface area contributed by atoms with Gasteiger partial charge in [-0.05, 0) is 30.3 Å². The number of nitrogens with one attached hydrogen (secondary N) is 1. The van der Waals surface area contributed by atoms with Gasteiger partial charge in [0.05, 0.1) is 18.5 Å². The third-order valence-electron chi connectivity index (χ3n) is 3.21. The Kier molecular flexibility index (Phi) is 5.80. The number of carbonyl (C=O) groups excluding carboxylic acids is 1. The van der Waals surface area contributed by atoms with Crippen molar-refractivity contribution in [2.24, 2.45) is 0 Å². The number of anilines is 1. The summed E-state index contributed by atoms with van der Waals surface area (Å²) in [6.45, 7) is -0.0706. The zero-order chi connectivity index (χ0) is 17.7. The quantitative estimate of drug-likeness (QED) is 0.850. The average molecular weight is 371 g/mol. The first kappa shape index (κ1) is 18.2. The van der Waals surface area contributed by atoms with E-state index in [0.717, 1.165) is 10.6 Å². The Morgan fingerprint density at radius 1 is 1.21 bits per heavy atom. The largest absolute Gasteiger partial charge is 0.350 e. The fourth-order valence-corrected chi connectivity index (χ4v) is 3.24. The summed E-state index contributed by atoms with van der Waals surface area (Å²) in [7, 11) is -3.69. The zero-order valence-electron chi connectivity index (χ0n) is 12.9. The first-order valence-corrected chi connectivity index (χ1v) is 9.27. The van der Waals surface area contributed by atoms with Gasteiger partial charge in [-0.2, -0.15) is 0 Å². The minimum Gasteiger partial charge on any atom is -0.350 e. The summed E-state index contributed by atoms with van der Waals surface area (Å²) in [6.07, 6.45) is 0.984. The lowest BCUT2D eigenvalue weighted by Gasteiger charge is -2.23. The van der Waals surface area contributed by atoms with Crippen LogP contribution in [0.15, 0.2) is 48.5 Å². The summed E-state index contributed by atoms with van der Waals surface area (Å²) < 4.78 is 38.6. The van der Waals surface area contributed by atoms with Gasteiger partial charge in [0.2, 0.25) is 10.0 Å². The molecule has 0 aliphatic carbocycles. The number of rotatable bonds is 6. The predicted octanol–water partition coefficient (Wildman–Crippen LogP) is 2.68. The molecule has 0 radical (unpaired) electrons. The van der Waals surface area contributed by atoms with Crippen molar-refractivity contribution in [3.05, 3.63) is 64.9 Å². The molecule has 0 aromatic heterocycles. The number of sulfonamides is 1. The highest BCUT2D eigenvalue weighted by atomic mass is 35.5. The molecule has 2 rings (SSSR count). The maximum atomic E-state index is 13.9. The lowest BCUT2D eigenvalue weighted by molar-refractivity contribution is 0.0955. The Bertz CT molecular complexity index is 843. The molecule has 0 heterocycles. The molecule has 0 aliphatic heterocycles. The number of hydrogen-bond acceptors (Lipinski definition) is 3. The Hall–Kier alpha value is -2.12. The minimum absolute atomic E-state index is 0.0206. The maximum Gasteiger partial charge on any atom is 0.251 e. The molecule has 1 N–H and O–H groups in total. The van der Waals surface area contributed by atoms with E-state index in [9.17, 15) is 17.6 Å². The van der Waals surface area contributed by atoms with E-state index in [-0.39, 0.29) is 24.7 Å². The van der Waals surface area contributed by atoms with E-state index < -0.39 is 15.8 Å². The lowest BCUT2D eigenvalue weighted by Crippen LogP contribution is -2.38. The van der Waals surface area contributed by atoms with Gasteiger partial charge in [-0.15, -0.1) is 0 Å². The molecule has 0 spiro atoms. The van der Waals surface area contributed by atoms with E-state index in [1.54, 1.807) is 24.3 Å². The van der Waals surface area contributed by atoms with Gasteiger partial charge in [-0.1, -0.05) is 29.8 Å². The molecule has 128 valence electrons. The first-order valence-electron chi connectivity index (χ1n) is 7.05. The van der Waals surface area contributed by atoms with Crippen molar-refractivity contribution in [1.29, 1.82) is 0 Å². The van der Waals surface area contributed by atoms with Crippen LogP contribution in [0.4, 0.5) is 10.1 Å². The second-order valence-corrected chi connectivity index (χ2v) is 7.40. The Balaban J connectivity index is 2.07. The smallest absolute Gasteiger partial charge is 0.251 e. The molecule has 2 aromatic carbocycles. The third-order valence-corrected chi connectivity index (χ3v) is 4.62. The SMILES string of the molecule is CS(=O)(=O)N(CCNC(=O)c1cccc(Cl)c1)c1ccccc1F. The van der Waals surface area contributed by atoms with E-state index in [0.29, 0.717) is 10.6 Å². The van der Waals surface area contributed by atoms with Gasteiger partial charge in [0.25, 0.3) is 5.91 Å². The van der Waals surface area contributed by atoms with Crippen LogP contribution in [0.25, 0.3) is 0 Å². The second-order valence-electron chi connectivity index (χ2n) is 5.05. The van der Waals surface area contributed by atoms with E-state index in [1.807, 2.05) is 0 Å². The van der Waals surface area contributed by atoms with Crippen LogP contribution in [0.5, 0.6) is 0 Å². The molecule has 0 saturated carbocycles. The number of carbonyl (C=O) groups is 1. The van der Waals surface area contributed by atoms with Crippen molar-refractivity contribution in [1.82, 2.24) is 5.32 Å². The molecule has 0 unspecified atom stereocenters. The normalized spacial score (nSPS) is 11.1. The molecule has 5 nitrogen and oxygen atoms in total. The molecular formula is C16H16ClFN2O3S. The fourth-order valence-electron chi connectivity index (χ4n) is 2.12. The van der Waals surface area contributed by atoms with Gasteiger partial charge < -0.3 is 5.32 Å². The van der Waals surface area contributed by atoms with Crippen LogP contribution in [0.1, 0.15) is 10.4 Å². The van der Waals surface area contributed by atoms with Crippen LogP contribution in [0, 0.1) is 5.82 Å². The summed E-state index contributed by atoms with van der Waals surface area (Å²) in [5.74, 6) is -1.04. The summed E-state index contributed by atoms with van der Waals surface area (Å²) in [4.78, 5) is 12.0. The summed E-state index contributed by atoms with van der Waals surface area (Å²) in [5.41, 5.74) is 0.302. The first-order chi connectivity index (χ1) is 11.3. The average Bonchev–Trinajstić information content (AvgIpc) is 2.51. The van der Waals surface area contributed by atoms with Crippen molar-refractivity contribution in [3.63, 3.8) is 0 Å². The van der Waals surface area contributed by atoms with Crippen LogP contribution < -0.4 is 9.62 Å². The maximum absolute atomic E-state index is 13.9. The molecule has 8 heteroatoms. The minimum atomic E-state index is -3.69. The van der Waals surface area contributed by atoms with E-state index in [2.05, 4.69) is 5.32 Å². The highest BCUT2D eigenvalue weighted by molar-refractivity contribution is 7.92. The predicted molar refractivity (Wildman–Crippen MR) is 92.4 cm³/mol. The second kappa shape index (κ2) is 7.63. The summed E-state index contributed by atoms with van der Waals surface area (Å²) >= 11 is 5.82. The third kappa shape index (κ3) is 4.69. The van der Waals surface area contributed by atoms with Crippen LogP contribution in [-0.4, -0.2) is 33.7 Å². The Morgan fingerprint density at radius 3 is 2.54 bits per heavy atom. The van der Waals surface area contributed by atoms with E-state index in [1.165, 1.54) is 24.3 Å². The molecular weight excluding hydrogens is 355 g/mol. The molecule has 0 bridgehead atoms. The van der Waals surface area contributed by atoms with Crippen molar-refractivity contribution in [2.45, 2.75) is 0 Å². The molecule has 24 heavy (non-hydrogen) atoms. The topological polar surface area (TPSA) is 66.5 Å². The van der Waals surface area contributed by atoms with E-state index in [4.69, 9.17) is 11.6 Å². The monoisotopic (exact) mass is 370 g/mol. The molecule has 2 aromatic rings. The fraction of sp³-hybridized carbons (Fsp3) is 0.188. The van der Waals surface area contributed by atoms with E-state index >= 15 is 0 Å². The number of benzene rings is 2. The molecule has 0 fully saturated rings.